The first-order valence-electron chi connectivity index (χ1n) is 22.2. The Balaban J connectivity index is 0.000000273. The molecule has 0 aliphatic rings. The highest BCUT2D eigenvalue weighted by Crippen LogP contribution is 2.36. The maximum Gasteiger partial charge on any atom is 0.316 e. The van der Waals surface area contributed by atoms with Crippen LogP contribution in [0.4, 0.5) is 0 Å². The molecule has 0 bridgehead atoms. The normalized spacial score (nSPS) is 11.2. The third-order valence-corrected chi connectivity index (χ3v) is 12.5. The molecule has 70 heavy (non-hydrogen) atoms. The SMILES string of the molecule is C.C.C.CCC(C)(C)C(=O)Oc1ccc2cc(O)c(O)cc2c1.CCC(C)(C)C(=O)Oc1ccc2cc3cc(O)c(O)cc3cc2c1.CCC(C)(C)C(=O)Oc1ccc2cc3cc(O)ccc3cc2c1. The Kier molecular flexibility index (Phi) is 18.4. The van der Waals surface area contributed by atoms with Gasteiger partial charge in [0.05, 0.1) is 16.2 Å². The van der Waals surface area contributed by atoms with Gasteiger partial charge in [0.15, 0.2) is 23.0 Å². The number of hydrogen-bond donors (Lipinski definition) is 5. The zero-order valence-corrected chi connectivity index (χ0v) is 39.4. The second-order valence-electron chi connectivity index (χ2n) is 18.7. The van der Waals surface area contributed by atoms with E-state index < -0.39 is 16.2 Å². The molecule has 0 aliphatic carbocycles. The molecule has 0 spiro atoms. The second kappa shape index (κ2) is 22.7. The molecule has 0 amide bonds. The van der Waals surface area contributed by atoms with Crippen molar-refractivity contribution in [2.24, 2.45) is 16.2 Å². The van der Waals surface area contributed by atoms with Crippen LogP contribution in [0.5, 0.6) is 46.0 Å². The maximum atomic E-state index is 12.2. The average molecular weight is 955 g/mol. The molecule has 8 rings (SSSR count). The molecule has 0 heterocycles. The summed E-state index contributed by atoms with van der Waals surface area (Å²) in [5.41, 5.74) is -1.55. The Morgan fingerprint density at radius 1 is 0.343 bits per heavy atom. The Morgan fingerprint density at radius 2 is 0.571 bits per heavy atom. The van der Waals surface area contributed by atoms with Gasteiger partial charge in [-0.3, -0.25) is 14.4 Å². The van der Waals surface area contributed by atoms with E-state index in [2.05, 4.69) is 0 Å². The number of benzene rings is 8. The van der Waals surface area contributed by atoms with E-state index >= 15 is 0 Å². The predicted molar refractivity (Wildman–Crippen MR) is 284 cm³/mol. The zero-order valence-electron chi connectivity index (χ0n) is 39.4. The summed E-state index contributed by atoms with van der Waals surface area (Å²) in [7, 11) is 0. The van der Waals surface area contributed by atoms with Gasteiger partial charge in [-0.25, -0.2) is 0 Å². The molecule has 0 atom stereocenters. The van der Waals surface area contributed by atoms with Crippen molar-refractivity contribution in [1.29, 1.82) is 0 Å². The number of carbonyl (C=O) groups excluding carboxylic acids is 3. The lowest BCUT2D eigenvalue weighted by molar-refractivity contribution is -0.144. The third-order valence-electron chi connectivity index (χ3n) is 12.5. The fraction of sp³-hybridized carbons (Fsp3) is 0.305. The van der Waals surface area contributed by atoms with E-state index in [0.717, 1.165) is 54.9 Å². The highest BCUT2D eigenvalue weighted by Gasteiger charge is 2.29. The van der Waals surface area contributed by atoms with Crippen LogP contribution in [0.2, 0.25) is 0 Å². The van der Waals surface area contributed by atoms with E-state index in [4.69, 9.17) is 14.2 Å². The zero-order chi connectivity index (χ0) is 49.0. The molecular weight excluding hydrogens is 885 g/mol. The molecule has 11 heteroatoms. The molecule has 0 aliphatic heterocycles. The predicted octanol–water partition coefficient (Wildman–Crippen LogP) is 15.3. The Morgan fingerprint density at radius 3 is 0.886 bits per heavy atom. The second-order valence-corrected chi connectivity index (χ2v) is 18.7. The molecule has 0 radical (unpaired) electrons. The van der Waals surface area contributed by atoms with Gasteiger partial charge in [-0.1, -0.05) is 67.3 Å². The Hall–Kier alpha value is -7.53. The standard InChI is InChI=1S/C20H20O4.C20H20O3.C16H18O4.3CH4/c1-4-20(2,3)19(23)24-16-6-5-12-7-14-10-17(21)18(22)11-15(14)8-13(12)9-16;1-4-20(2,3)19(22)23-18-8-6-14-9-15-11-17(21)7-5-13(15)10-16(14)12-18;1-4-16(2,3)15(19)20-12-6-5-10-8-13(17)14(18)9-11(10)7-12;;;/h5-11,21-22H,4H2,1-3H3;5-12,21H,4H2,1-3H3;5-9,17-18H,4H2,1-3H3;3*1H4. The number of esters is 3. The number of ether oxygens (including phenoxy) is 3. The minimum atomic E-state index is -0.536. The van der Waals surface area contributed by atoms with Crippen molar-refractivity contribution in [3.8, 4) is 46.0 Å². The molecule has 0 fully saturated rings. The fourth-order valence-corrected chi connectivity index (χ4v) is 6.58. The van der Waals surface area contributed by atoms with Crippen LogP contribution in [-0.4, -0.2) is 43.4 Å². The highest BCUT2D eigenvalue weighted by molar-refractivity contribution is 6.01. The summed E-state index contributed by atoms with van der Waals surface area (Å²) in [5.74, 6) is 0.296. The lowest BCUT2D eigenvalue weighted by Crippen LogP contribution is -2.28. The first-order chi connectivity index (χ1) is 31.5. The molecule has 0 unspecified atom stereocenters. The largest absolute Gasteiger partial charge is 0.508 e. The summed E-state index contributed by atoms with van der Waals surface area (Å²) >= 11 is 0. The van der Waals surface area contributed by atoms with Gasteiger partial charge in [-0.2, -0.15) is 0 Å². The van der Waals surface area contributed by atoms with Gasteiger partial charge in [-0.05, 0) is 212 Å². The lowest BCUT2D eigenvalue weighted by atomic mass is 9.91. The van der Waals surface area contributed by atoms with Crippen molar-refractivity contribution in [3.63, 3.8) is 0 Å². The van der Waals surface area contributed by atoms with Crippen molar-refractivity contribution < 1.29 is 54.1 Å². The number of fused-ring (bicyclic) bond motifs is 5. The summed E-state index contributed by atoms with van der Waals surface area (Å²) in [5, 5.41) is 56.8. The maximum absolute atomic E-state index is 12.2. The van der Waals surface area contributed by atoms with Gasteiger partial charge in [0.2, 0.25) is 0 Å². The van der Waals surface area contributed by atoms with Gasteiger partial charge in [-0.15, -0.1) is 0 Å². The molecule has 8 aromatic carbocycles. The number of carbonyl (C=O) groups is 3. The number of hydrogen-bond acceptors (Lipinski definition) is 11. The van der Waals surface area contributed by atoms with Crippen molar-refractivity contribution in [2.45, 2.75) is 104 Å². The summed E-state index contributed by atoms with van der Waals surface area (Å²) in [6.45, 7) is 17.0. The minimum Gasteiger partial charge on any atom is -0.508 e. The number of phenols is 5. The van der Waals surface area contributed by atoms with Crippen LogP contribution >= 0.6 is 0 Å². The van der Waals surface area contributed by atoms with Crippen molar-refractivity contribution >= 4 is 71.8 Å². The molecular formula is C59H70O11. The van der Waals surface area contributed by atoms with Gasteiger partial charge < -0.3 is 39.7 Å². The van der Waals surface area contributed by atoms with Crippen LogP contribution in [0.15, 0.2) is 121 Å². The topological polar surface area (TPSA) is 180 Å². The minimum absolute atomic E-state index is 0. The quantitative estimate of drug-likeness (QED) is 0.0402. The van der Waals surface area contributed by atoms with Crippen LogP contribution in [-0.2, 0) is 14.4 Å². The number of phenolic OH excluding ortho intramolecular Hbond substituents is 5. The number of rotatable bonds is 9. The van der Waals surface area contributed by atoms with Crippen molar-refractivity contribution in [3.05, 3.63) is 121 Å². The molecule has 5 N–H and O–H groups in total. The fourth-order valence-electron chi connectivity index (χ4n) is 6.58. The van der Waals surface area contributed by atoms with Gasteiger partial charge in [0.25, 0.3) is 0 Å². The first kappa shape index (κ1) is 56.8. The van der Waals surface area contributed by atoms with Crippen molar-refractivity contribution in [1.82, 2.24) is 0 Å². The van der Waals surface area contributed by atoms with Crippen LogP contribution in [0.3, 0.4) is 0 Å². The van der Waals surface area contributed by atoms with Gasteiger partial charge >= 0.3 is 17.9 Å². The van der Waals surface area contributed by atoms with Crippen molar-refractivity contribution in [2.75, 3.05) is 0 Å². The third kappa shape index (κ3) is 13.2. The first-order valence-corrected chi connectivity index (χ1v) is 22.2. The van der Waals surface area contributed by atoms with E-state index in [-0.39, 0.29) is 68.9 Å². The van der Waals surface area contributed by atoms with Gasteiger partial charge in [0.1, 0.15) is 23.0 Å². The number of aromatic hydroxyl groups is 5. The molecule has 11 nitrogen and oxygen atoms in total. The van der Waals surface area contributed by atoms with Crippen LogP contribution in [0.25, 0.3) is 53.9 Å². The molecule has 0 saturated carbocycles. The lowest BCUT2D eigenvalue weighted by Gasteiger charge is -2.20. The summed E-state index contributed by atoms with van der Waals surface area (Å²) in [4.78, 5) is 36.4. The van der Waals surface area contributed by atoms with E-state index in [1.807, 2.05) is 117 Å². The average Bonchev–Trinajstić information content (AvgIpc) is 3.29. The molecule has 372 valence electrons. The van der Waals surface area contributed by atoms with E-state index in [1.165, 1.54) is 24.3 Å². The monoisotopic (exact) mass is 954 g/mol. The highest BCUT2D eigenvalue weighted by atomic mass is 16.5. The van der Waals surface area contributed by atoms with E-state index in [9.17, 15) is 39.9 Å². The summed E-state index contributed by atoms with van der Waals surface area (Å²) in [6.07, 6.45) is 2.12. The molecule has 8 aromatic rings. The van der Waals surface area contributed by atoms with Crippen LogP contribution in [0.1, 0.15) is 104 Å². The molecule has 0 aromatic heterocycles. The van der Waals surface area contributed by atoms with E-state index in [1.54, 1.807) is 42.5 Å². The molecule has 0 saturated heterocycles. The summed E-state index contributed by atoms with van der Waals surface area (Å²) < 4.78 is 16.4. The Bertz CT molecular complexity index is 3160. The smallest absolute Gasteiger partial charge is 0.316 e. The van der Waals surface area contributed by atoms with Crippen LogP contribution < -0.4 is 14.2 Å². The summed E-state index contributed by atoms with van der Waals surface area (Å²) in [6, 6.07) is 35.2. The van der Waals surface area contributed by atoms with Gasteiger partial charge in [0, 0.05) is 0 Å². The van der Waals surface area contributed by atoms with Crippen LogP contribution in [0, 0.1) is 16.2 Å². The van der Waals surface area contributed by atoms with E-state index in [0.29, 0.717) is 35.5 Å². The Labute approximate surface area is 411 Å².